The molecule has 120 valence electrons. The van der Waals surface area contributed by atoms with Crippen molar-refractivity contribution >= 4 is 15.9 Å². The summed E-state index contributed by atoms with van der Waals surface area (Å²) in [6, 6.07) is 8.03. The van der Waals surface area contributed by atoms with E-state index < -0.39 is 10.2 Å². The maximum atomic E-state index is 12.0. The molecule has 7 heteroatoms. The Kier molecular flexibility index (Phi) is 5.40. The summed E-state index contributed by atoms with van der Waals surface area (Å²) in [5, 5.41) is 8.53. The van der Waals surface area contributed by atoms with E-state index in [1.165, 1.54) is 22.6 Å². The van der Waals surface area contributed by atoms with Crippen LogP contribution in [-0.2, 0) is 23.2 Å². The first-order valence-corrected chi connectivity index (χ1v) is 8.79. The number of nitrogens with one attached hydrogen (secondary N) is 1. The molecule has 0 saturated heterocycles. The van der Waals surface area contributed by atoms with Crippen LogP contribution in [0.3, 0.4) is 0 Å². The number of nitriles is 1. The third-order valence-corrected chi connectivity index (χ3v) is 5.41. The summed E-state index contributed by atoms with van der Waals surface area (Å²) in [5.41, 5.74) is 3.44. The minimum absolute atomic E-state index is 0.183. The summed E-state index contributed by atoms with van der Waals surface area (Å²) < 4.78 is 27.8. The van der Waals surface area contributed by atoms with Gasteiger partial charge in [-0.05, 0) is 30.0 Å². The molecule has 1 aromatic carbocycles. The second-order valence-electron chi connectivity index (χ2n) is 5.54. The minimum Gasteiger partial charge on any atom is -0.374 e. The van der Waals surface area contributed by atoms with Crippen LogP contribution in [0.2, 0.25) is 0 Å². The van der Waals surface area contributed by atoms with Gasteiger partial charge in [0.15, 0.2) is 0 Å². The summed E-state index contributed by atoms with van der Waals surface area (Å²) >= 11 is 0. The van der Waals surface area contributed by atoms with Crippen LogP contribution in [0.5, 0.6) is 0 Å². The van der Waals surface area contributed by atoms with Crippen molar-refractivity contribution in [1.82, 2.24) is 9.03 Å². The van der Waals surface area contributed by atoms with Crippen molar-refractivity contribution in [3.63, 3.8) is 0 Å². The highest BCUT2D eigenvalue weighted by molar-refractivity contribution is 7.87. The summed E-state index contributed by atoms with van der Waals surface area (Å²) in [7, 11) is 0.00668. The zero-order valence-corrected chi connectivity index (χ0v) is 13.9. The number of aryl methyl sites for hydroxylation is 1. The molecular formula is C15H22N4O2S. The second kappa shape index (κ2) is 7.09. The van der Waals surface area contributed by atoms with Crippen molar-refractivity contribution < 1.29 is 8.42 Å². The first kappa shape index (κ1) is 16.7. The molecule has 0 atom stereocenters. The molecule has 0 aliphatic carbocycles. The van der Waals surface area contributed by atoms with Crippen molar-refractivity contribution in [3.05, 3.63) is 29.3 Å². The van der Waals surface area contributed by atoms with Crippen molar-refractivity contribution in [1.29, 1.82) is 5.26 Å². The molecular weight excluding hydrogens is 300 g/mol. The van der Waals surface area contributed by atoms with Gasteiger partial charge in [-0.15, -0.1) is 0 Å². The number of hydrogen-bond donors (Lipinski definition) is 1. The number of hydrogen-bond acceptors (Lipinski definition) is 4. The molecule has 0 unspecified atom stereocenters. The Bertz CT molecular complexity index is 667. The zero-order valence-electron chi connectivity index (χ0n) is 13.0. The van der Waals surface area contributed by atoms with Crippen molar-refractivity contribution in [2.45, 2.75) is 25.8 Å². The Morgan fingerprint density at radius 3 is 2.95 bits per heavy atom. The molecule has 0 aromatic heterocycles. The van der Waals surface area contributed by atoms with Crippen LogP contribution in [0.4, 0.5) is 5.69 Å². The van der Waals surface area contributed by atoms with Crippen LogP contribution in [0.25, 0.3) is 0 Å². The van der Waals surface area contributed by atoms with Gasteiger partial charge < -0.3 is 4.90 Å². The lowest BCUT2D eigenvalue weighted by molar-refractivity contribution is 0.464. The van der Waals surface area contributed by atoms with E-state index in [2.05, 4.69) is 28.8 Å². The maximum Gasteiger partial charge on any atom is 0.279 e. The SMILES string of the molecule is CN1CCCc2cc(CNS(=O)(=O)N(C)CCC#N)ccc21. The molecule has 22 heavy (non-hydrogen) atoms. The number of rotatable bonds is 6. The van der Waals surface area contributed by atoms with Gasteiger partial charge in [0.25, 0.3) is 10.2 Å². The van der Waals surface area contributed by atoms with E-state index >= 15 is 0 Å². The number of fused-ring (bicyclic) bond motifs is 1. The van der Waals surface area contributed by atoms with E-state index in [4.69, 9.17) is 5.26 Å². The second-order valence-corrected chi connectivity index (χ2v) is 7.41. The maximum absolute atomic E-state index is 12.0. The predicted octanol–water partition coefficient (Wildman–Crippen LogP) is 1.25. The fourth-order valence-corrected chi connectivity index (χ4v) is 3.46. The van der Waals surface area contributed by atoms with Gasteiger partial charge in [0.2, 0.25) is 0 Å². The Balaban J connectivity index is 2.01. The lowest BCUT2D eigenvalue weighted by Gasteiger charge is -2.28. The Hall–Kier alpha value is -1.62. The van der Waals surface area contributed by atoms with E-state index in [1.807, 2.05) is 12.1 Å². The van der Waals surface area contributed by atoms with Crippen molar-refractivity contribution in [2.75, 3.05) is 32.1 Å². The average molecular weight is 322 g/mol. The van der Waals surface area contributed by atoms with Gasteiger partial charge in [0.05, 0.1) is 6.07 Å². The molecule has 0 spiro atoms. The Labute approximate surface area is 132 Å². The van der Waals surface area contributed by atoms with Crippen molar-refractivity contribution in [3.8, 4) is 6.07 Å². The zero-order chi connectivity index (χ0) is 16.2. The summed E-state index contributed by atoms with van der Waals surface area (Å²) in [6.45, 7) is 1.51. The largest absolute Gasteiger partial charge is 0.374 e. The van der Waals surface area contributed by atoms with E-state index in [1.54, 1.807) is 0 Å². The third-order valence-electron chi connectivity index (χ3n) is 3.90. The van der Waals surface area contributed by atoms with Gasteiger partial charge >= 0.3 is 0 Å². The fraction of sp³-hybridized carbons (Fsp3) is 0.533. The van der Waals surface area contributed by atoms with Crippen LogP contribution in [0.15, 0.2) is 18.2 Å². The van der Waals surface area contributed by atoms with Crippen LogP contribution < -0.4 is 9.62 Å². The lowest BCUT2D eigenvalue weighted by Crippen LogP contribution is -2.38. The van der Waals surface area contributed by atoms with Gasteiger partial charge in [0, 0.05) is 45.8 Å². The summed E-state index contributed by atoms with van der Waals surface area (Å²) in [6.07, 6.45) is 2.33. The van der Waals surface area contributed by atoms with Crippen LogP contribution in [-0.4, -0.2) is 39.9 Å². The highest BCUT2D eigenvalue weighted by Gasteiger charge is 2.18. The minimum atomic E-state index is -3.54. The van der Waals surface area contributed by atoms with Gasteiger partial charge in [0.1, 0.15) is 0 Å². The molecule has 1 heterocycles. The van der Waals surface area contributed by atoms with E-state index in [0.29, 0.717) is 0 Å². The number of anilines is 1. The smallest absolute Gasteiger partial charge is 0.279 e. The fourth-order valence-electron chi connectivity index (χ4n) is 2.56. The lowest BCUT2D eigenvalue weighted by atomic mass is 10.00. The molecule has 6 nitrogen and oxygen atoms in total. The van der Waals surface area contributed by atoms with Gasteiger partial charge in [-0.1, -0.05) is 12.1 Å². The van der Waals surface area contributed by atoms with E-state index in [-0.39, 0.29) is 19.5 Å². The topological polar surface area (TPSA) is 76.4 Å². The number of benzene rings is 1. The van der Waals surface area contributed by atoms with E-state index in [0.717, 1.165) is 24.9 Å². The molecule has 1 aliphatic heterocycles. The van der Waals surface area contributed by atoms with Crippen LogP contribution in [0, 0.1) is 11.3 Å². The average Bonchev–Trinajstić information content (AvgIpc) is 2.50. The van der Waals surface area contributed by atoms with E-state index in [9.17, 15) is 8.42 Å². The molecule has 0 radical (unpaired) electrons. The summed E-state index contributed by atoms with van der Waals surface area (Å²) in [4.78, 5) is 2.22. The van der Waals surface area contributed by atoms with Crippen molar-refractivity contribution in [2.24, 2.45) is 0 Å². The highest BCUT2D eigenvalue weighted by Crippen LogP contribution is 2.26. The summed E-state index contributed by atoms with van der Waals surface area (Å²) in [5.74, 6) is 0. The monoisotopic (exact) mass is 322 g/mol. The molecule has 0 bridgehead atoms. The molecule has 0 fully saturated rings. The van der Waals surface area contributed by atoms with Gasteiger partial charge in [-0.2, -0.15) is 22.7 Å². The molecule has 0 saturated carbocycles. The standard InChI is InChI=1S/C15H22N4O2S/c1-18-9-3-5-14-11-13(6-7-15(14)18)12-17-22(20,21)19(2)10-4-8-16/h6-7,11,17H,3-5,9-10,12H2,1-2H3. The van der Waals surface area contributed by atoms with Crippen LogP contribution in [0.1, 0.15) is 24.0 Å². The van der Waals surface area contributed by atoms with Gasteiger partial charge in [-0.25, -0.2) is 0 Å². The molecule has 1 aliphatic rings. The van der Waals surface area contributed by atoms with Gasteiger partial charge in [-0.3, -0.25) is 0 Å². The first-order valence-electron chi connectivity index (χ1n) is 7.35. The Morgan fingerprint density at radius 1 is 1.45 bits per heavy atom. The molecule has 1 aromatic rings. The highest BCUT2D eigenvalue weighted by atomic mass is 32.2. The Morgan fingerprint density at radius 2 is 2.23 bits per heavy atom. The molecule has 0 amide bonds. The number of nitrogens with zero attached hydrogens (tertiary/aromatic N) is 3. The third kappa shape index (κ3) is 3.97. The molecule has 1 N–H and O–H groups in total. The molecule has 2 rings (SSSR count). The predicted molar refractivity (Wildman–Crippen MR) is 86.7 cm³/mol. The first-order chi connectivity index (χ1) is 10.4. The quantitative estimate of drug-likeness (QED) is 0.855. The van der Waals surface area contributed by atoms with Crippen LogP contribution >= 0.6 is 0 Å². The normalized spacial score (nSPS) is 14.7.